The molecule has 0 aliphatic carbocycles. The predicted octanol–water partition coefficient (Wildman–Crippen LogP) is 1.30. The van der Waals surface area contributed by atoms with E-state index in [1.807, 2.05) is 6.20 Å². The molecule has 2 rings (SSSR count). The van der Waals surface area contributed by atoms with Crippen molar-refractivity contribution in [3.63, 3.8) is 0 Å². The van der Waals surface area contributed by atoms with Crippen LogP contribution in [0.1, 0.15) is 24.6 Å². The van der Waals surface area contributed by atoms with Gasteiger partial charge in [-0.25, -0.2) is 4.98 Å². The molecular formula is C11H20N4S. The molecule has 16 heavy (non-hydrogen) atoms. The van der Waals surface area contributed by atoms with Gasteiger partial charge in [-0.3, -0.25) is 4.90 Å². The first-order valence-corrected chi connectivity index (χ1v) is 6.76. The number of nitrogens with zero attached hydrogens (tertiary/aromatic N) is 2. The van der Waals surface area contributed by atoms with Crippen molar-refractivity contribution in [3.05, 3.63) is 11.1 Å². The van der Waals surface area contributed by atoms with Crippen molar-refractivity contribution in [2.45, 2.75) is 32.4 Å². The molecule has 1 atom stereocenters. The van der Waals surface area contributed by atoms with Crippen molar-refractivity contribution in [1.29, 1.82) is 0 Å². The van der Waals surface area contributed by atoms with Crippen LogP contribution in [0.15, 0.2) is 6.20 Å². The Labute approximate surface area is 101 Å². The van der Waals surface area contributed by atoms with Crippen LogP contribution in [-0.4, -0.2) is 35.6 Å². The lowest BCUT2D eigenvalue weighted by atomic mass is 10.1. The number of hydrogen-bond acceptors (Lipinski definition) is 5. The number of aromatic nitrogens is 1. The Kier molecular flexibility index (Phi) is 4.15. The van der Waals surface area contributed by atoms with Crippen molar-refractivity contribution in [1.82, 2.24) is 15.2 Å². The summed E-state index contributed by atoms with van der Waals surface area (Å²) < 4.78 is 0. The highest BCUT2D eigenvalue weighted by Crippen LogP contribution is 2.19. The molecule has 0 radical (unpaired) electrons. The maximum Gasteiger partial charge on any atom is 0.180 e. The number of nitrogens with two attached hydrogens (primary N) is 1. The van der Waals surface area contributed by atoms with Crippen LogP contribution in [0, 0.1) is 0 Å². The highest BCUT2D eigenvalue weighted by Gasteiger charge is 2.21. The van der Waals surface area contributed by atoms with Gasteiger partial charge in [0.15, 0.2) is 5.13 Å². The minimum Gasteiger partial charge on any atom is -0.375 e. The molecule has 0 bridgehead atoms. The summed E-state index contributed by atoms with van der Waals surface area (Å²) in [5.41, 5.74) is 5.65. The van der Waals surface area contributed by atoms with E-state index in [4.69, 9.17) is 5.73 Å². The van der Waals surface area contributed by atoms with Crippen molar-refractivity contribution in [2.24, 2.45) is 0 Å². The van der Waals surface area contributed by atoms with Crippen molar-refractivity contribution in [3.8, 4) is 0 Å². The van der Waals surface area contributed by atoms with Crippen LogP contribution in [0.2, 0.25) is 0 Å². The highest BCUT2D eigenvalue weighted by molar-refractivity contribution is 7.15. The van der Waals surface area contributed by atoms with Crippen LogP contribution >= 0.6 is 11.3 Å². The zero-order chi connectivity index (χ0) is 11.4. The molecule has 1 unspecified atom stereocenters. The summed E-state index contributed by atoms with van der Waals surface area (Å²) in [5.74, 6) is 0. The van der Waals surface area contributed by atoms with Gasteiger partial charge in [-0.05, 0) is 6.42 Å². The van der Waals surface area contributed by atoms with Gasteiger partial charge in [0.2, 0.25) is 0 Å². The predicted molar refractivity (Wildman–Crippen MR) is 68.5 cm³/mol. The van der Waals surface area contributed by atoms with Gasteiger partial charge in [-0.1, -0.05) is 13.3 Å². The van der Waals surface area contributed by atoms with Gasteiger partial charge in [-0.2, -0.15) is 0 Å². The van der Waals surface area contributed by atoms with Gasteiger partial charge >= 0.3 is 0 Å². The largest absolute Gasteiger partial charge is 0.375 e. The quantitative estimate of drug-likeness (QED) is 0.833. The molecule has 1 fully saturated rings. The number of hydrogen-bond donors (Lipinski definition) is 2. The number of anilines is 1. The first-order valence-electron chi connectivity index (χ1n) is 5.94. The third kappa shape index (κ3) is 2.93. The Morgan fingerprint density at radius 3 is 3.25 bits per heavy atom. The molecule has 1 aliphatic rings. The topological polar surface area (TPSA) is 54.2 Å². The second kappa shape index (κ2) is 5.61. The summed E-state index contributed by atoms with van der Waals surface area (Å²) in [6.45, 7) is 6.58. The molecule has 0 aromatic carbocycles. The smallest absolute Gasteiger partial charge is 0.180 e. The lowest BCUT2D eigenvalue weighted by molar-refractivity contribution is 0.145. The minimum absolute atomic E-state index is 0.669. The molecule has 3 N–H and O–H groups in total. The van der Waals surface area contributed by atoms with E-state index in [9.17, 15) is 0 Å². The summed E-state index contributed by atoms with van der Waals surface area (Å²) in [6, 6.07) is 0.669. The number of thiazole rings is 1. The number of piperazine rings is 1. The third-order valence-electron chi connectivity index (χ3n) is 3.02. The van der Waals surface area contributed by atoms with Gasteiger partial charge < -0.3 is 11.1 Å². The zero-order valence-electron chi connectivity index (χ0n) is 9.78. The van der Waals surface area contributed by atoms with Gasteiger partial charge in [0, 0.05) is 43.3 Å². The molecule has 1 aromatic heterocycles. The molecule has 1 aliphatic heterocycles. The maximum atomic E-state index is 5.65. The number of rotatable bonds is 4. The third-order valence-corrected chi connectivity index (χ3v) is 3.84. The minimum atomic E-state index is 0.669. The molecule has 5 heteroatoms. The lowest BCUT2D eigenvalue weighted by Gasteiger charge is -2.35. The molecule has 1 aromatic rings. The zero-order valence-corrected chi connectivity index (χ0v) is 10.6. The summed E-state index contributed by atoms with van der Waals surface area (Å²) >= 11 is 1.61. The molecule has 2 heterocycles. The Balaban J connectivity index is 1.95. The van der Waals surface area contributed by atoms with Crippen LogP contribution in [0.5, 0.6) is 0 Å². The Morgan fingerprint density at radius 1 is 1.69 bits per heavy atom. The second-order valence-corrected chi connectivity index (χ2v) is 5.43. The summed E-state index contributed by atoms with van der Waals surface area (Å²) in [4.78, 5) is 7.93. The highest BCUT2D eigenvalue weighted by atomic mass is 32.1. The van der Waals surface area contributed by atoms with Gasteiger partial charge in [-0.15, -0.1) is 11.3 Å². The molecule has 1 saturated heterocycles. The summed E-state index contributed by atoms with van der Waals surface area (Å²) in [6.07, 6.45) is 4.42. The Hall–Kier alpha value is -0.650. The second-order valence-electron chi connectivity index (χ2n) is 4.28. The maximum absolute atomic E-state index is 5.65. The van der Waals surface area contributed by atoms with E-state index < -0.39 is 0 Å². The molecular weight excluding hydrogens is 220 g/mol. The lowest BCUT2D eigenvalue weighted by Crippen LogP contribution is -2.50. The molecule has 0 amide bonds. The van der Waals surface area contributed by atoms with E-state index in [1.165, 1.54) is 17.7 Å². The number of nitrogen functional groups attached to an aromatic ring is 1. The fourth-order valence-electron chi connectivity index (χ4n) is 2.22. The van der Waals surface area contributed by atoms with Crippen LogP contribution in [0.25, 0.3) is 0 Å². The normalized spacial score (nSPS) is 22.4. The first-order chi connectivity index (χ1) is 7.79. The average molecular weight is 240 g/mol. The van der Waals surface area contributed by atoms with Crippen molar-refractivity contribution in [2.75, 3.05) is 25.4 Å². The molecule has 0 spiro atoms. The average Bonchev–Trinajstić information content (AvgIpc) is 2.67. The van der Waals surface area contributed by atoms with Gasteiger partial charge in [0.25, 0.3) is 0 Å². The van der Waals surface area contributed by atoms with Crippen LogP contribution in [-0.2, 0) is 6.54 Å². The van der Waals surface area contributed by atoms with Crippen molar-refractivity contribution < 1.29 is 0 Å². The van der Waals surface area contributed by atoms with Crippen LogP contribution in [0.3, 0.4) is 0 Å². The fraction of sp³-hybridized carbons (Fsp3) is 0.727. The summed E-state index contributed by atoms with van der Waals surface area (Å²) in [7, 11) is 0. The van der Waals surface area contributed by atoms with Crippen LogP contribution < -0.4 is 11.1 Å². The fourth-order valence-corrected chi connectivity index (χ4v) is 2.93. The van der Waals surface area contributed by atoms with E-state index in [0.717, 1.165) is 26.2 Å². The summed E-state index contributed by atoms with van der Waals surface area (Å²) in [5, 5.41) is 4.14. The molecule has 0 saturated carbocycles. The standard InChI is InChI=1S/C11H20N4S/c1-2-3-9-6-13-4-5-15(9)8-10-7-14-11(12)16-10/h7,9,13H,2-6,8H2,1H3,(H2,12,14). The van der Waals surface area contributed by atoms with E-state index in [0.29, 0.717) is 11.2 Å². The van der Waals surface area contributed by atoms with E-state index in [1.54, 1.807) is 11.3 Å². The van der Waals surface area contributed by atoms with Gasteiger partial charge in [0.05, 0.1) is 0 Å². The van der Waals surface area contributed by atoms with E-state index in [2.05, 4.69) is 22.1 Å². The SMILES string of the molecule is CCCC1CNCCN1Cc1cnc(N)s1. The van der Waals surface area contributed by atoms with Crippen molar-refractivity contribution >= 4 is 16.5 Å². The van der Waals surface area contributed by atoms with E-state index in [-0.39, 0.29) is 0 Å². The molecule has 90 valence electrons. The molecule has 4 nitrogen and oxygen atoms in total. The Morgan fingerprint density at radius 2 is 2.56 bits per heavy atom. The van der Waals surface area contributed by atoms with Gasteiger partial charge in [0.1, 0.15) is 0 Å². The number of nitrogens with one attached hydrogen (secondary N) is 1. The monoisotopic (exact) mass is 240 g/mol. The first kappa shape index (κ1) is 11.8. The van der Waals surface area contributed by atoms with Crippen LogP contribution in [0.4, 0.5) is 5.13 Å². The Bertz CT molecular complexity index is 324. The van der Waals surface area contributed by atoms with E-state index >= 15 is 0 Å².